The number of rotatable bonds is 3. The Morgan fingerprint density at radius 1 is 1.18 bits per heavy atom. The van der Waals surface area contributed by atoms with E-state index in [1.54, 1.807) is 13.2 Å². The van der Waals surface area contributed by atoms with Gasteiger partial charge in [0.15, 0.2) is 17.3 Å². The van der Waals surface area contributed by atoms with Gasteiger partial charge in [0.05, 0.1) is 25.9 Å². The summed E-state index contributed by atoms with van der Waals surface area (Å²) in [6.45, 7) is 3.18. The highest BCUT2D eigenvalue weighted by Crippen LogP contribution is 2.41. The molecule has 2 aliphatic heterocycles. The van der Waals surface area contributed by atoms with Crippen molar-refractivity contribution in [1.29, 1.82) is 0 Å². The molecule has 2 aliphatic rings. The summed E-state index contributed by atoms with van der Waals surface area (Å²) in [4.78, 5) is 6.65. The van der Waals surface area contributed by atoms with Gasteiger partial charge in [0.2, 0.25) is 12.7 Å². The largest absolute Gasteiger partial charge is 0.496 e. The fraction of sp³-hybridized carbons (Fsp3) is 0.429. The molecule has 0 aliphatic carbocycles. The van der Waals surface area contributed by atoms with Crippen LogP contribution in [-0.2, 0) is 4.74 Å². The average Bonchev–Trinajstić information content (AvgIpc) is 3.23. The summed E-state index contributed by atoms with van der Waals surface area (Å²) in [5, 5.41) is 7.26. The van der Waals surface area contributed by atoms with Crippen molar-refractivity contribution in [3.63, 3.8) is 0 Å². The van der Waals surface area contributed by atoms with E-state index in [-0.39, 0.29) is 6.79 Å². The zero-order chi connectivity index (χ0) is 14.9. The first-order valence-corrected chi connectivity index (χ1v) is 7.08. The first-order chi connectivity index (χ1) is 10.8. The minimum absolute atomic E-state index is 0.220. The Morgan fingerprint density at radius 2 is 1.95 bits per heavy atom. The van der Waals surface area contributed by atoms with Crippen molar-refractivity contribution in [3.05, 3.63) is 12.1 Å². The highest BCUT2D eigenvalue weighted by atomic mass is 16.7. The summed E-state index contributed by atoms with van der Waals surface area (Å²) in [7, 11) is 1.61. The number of hydrogen-bond acceptors (Lipinski definition) is 7. The Morgan fingerprint density at radius 3 is 2.73 bits per heavy atom. The second-order valence-electron chi connectivity index (χ2n) is 4.99. The third-order valence-electron chi connectivity index (χ3n) is 3.72. The number of aromatic amines is 1. The molecule has 0 amide bonds. The molecule has 0 unspecified atom stereocenters. The van der Waals surface area contributed by atoms with Crippen molar-refractivity contribution in [2.24, 2.45) is 0 Å². The van der Waals surface area contributed by atoms with E-state index >= 15 is 0 Å². The van der Waals surface area contributed by atoms with Crippen LogP contribution in [0.25, 0.3) is 11.4 Å². The van der Waals surface area contributed by atoms with Gasteiger partial charge in [-0.3, -0.25) is 5.10 Å². The molecule has 1 fully saturated rings. The first kappa shape index (κ1) is 13.2. The van der Waals surface area contributed by atoms with Gasteiger partial charge in [-0.15, -0.1) is 5.10 Å². The minimum atomic E-state index is 0.220. The number of anilines is 1. The molecule has 0 bridgehead atoms. The van der Waals surface area contributed by atoms with Gasteiger partial charge in [0.25, 0.3) is 0 Å². The summed E-state index contributed by atoms with van der Waals surface area (Å²) in [5.74, 6) is 3.32. The van der Waals surface area contributed by atoms with E-state index in [9.17, 15) is 0 Å². The molecule has 3 heterocycles. The summed E-state index contributed by atoms with van der Waals surface area (Å²) in [5.41, 5.74) is 0.791. The molecule has 22 heavy (non-hydrogen) atoms. The van der Waals surface area contributed by atoms with Crippen molar-refractivity contribution in [2.45, 2.75) is 0 Å². The quantitative estimate of drug-likeness (QED) is 0.907. The number of fused-ring (bicyclic) bond motifs is 1. The zero-order valence-corrected chi connectivity index (χ0v) is 12.2. The Bertz CT molecular complexity index is 681. The summed E-state index contributed by atoms with van der Waals surface area (Å²) in [6.07, 6.45) is 0. The van der Waals surface area contributed by atoms with E-state index in [4.69, 9.17) is 18.9 Å². The number of nitrogens with one attached hydrogen (secondary N) is 1. The van der Waals surface area contributed by atoms with Gasteiger partial charge < -0.3 is 23.8 Å². The molecule has 4 rings (SSSR count). The van der Waals surface area contributed by atoms with E-state index < -0.39 is 0 Å². The van der Waals surface area contributed by atoms with E-state index in [2.05, 4.69) is 20.1 Å². The van der Waals surface area contributed by atoms with Gasteiger partial charge in [-0.25, -0.2) is 0 Å². The molecular weight excluding hydrogens is 288 g/mol. The number of nitrogens with zero attached hydrogens (tertiary/aromatic N) is 3. The molecule has 8 nitrogen and oxygen atoms in total. The van der Waals surface area contributed by atoms with Gasteiger partial charge in [0.1, 0.15) is 5.75 Å². The fourth-order valence-corrected chi connectivity index (χ4v) is 2.56. The van der Waals surface area contributed by atoms with Gasteiger partial charge in [-0.2, -0.15) is 4.98 Å². The maximum absolute atomic E-state index is 5.42. The lowest BCUT2D eigenvalue weighted by molar-refractivity contribution is 0.122. The maximum atomic E-state index is 5.42. The number of benzene rings is 1. The first-order valence-electron chi connectivity index (χ1n) is 7.08. The average molecular weight is 304 g/mol. The number of H-pyrrole nitrogens is 1. The normalized spacial score (nSPS) is 16.9. The van der Waals surface area contributed by atoms with Crippen LogP contribution >= 0.6 is 0 Å². The smallest absolute Gasteiger partial charge is 0.245 e. The Kier molecular flexibility index (Phi) is 3.23. The molecule has 1 saturated heterocycles. The SMILES string of the molecule is COc1cc2c(cc1-c1nc(N3CCOCC3)n[nH]1)OCO2. The van der Waals surface area contributed by atoms with Crippen LogP contribution < -0.4 is 19.1 Å². The van der Waals surface area contributed by atoms with E-state index in [0.717, 1.165) is 18.7 Å². The molecule has 0 radical (unpaired) electrons. The lowest BCUT2D eigenvalue weighted by Crippen LogP contribution is -2.36. The number of ether oxygens (including phenoxy) is 4. The lowest BCUT2D eigenvalue weighted by atomic mass is 10.1. The summed E-state index contributed by atoms with van der Waals surface area (Å²) >= 11 is 0. The molecule has 0 saturated carbocycles. The predicted molar refractivity (Wildman–Crippen MR) is 77.5 cm³/mol. The Labute approximate surface area is 126 Å². The summed E-state index contributed by atoms with van der Waals surface area (Å²) < 4.78 is 21.5. The monoisotopic (exact) mass is 304 g/mol. The van der Waals surface area contributed by atoms with Crippen molar-refractivity contribution >= 4 is 5.95 Å². The van der Waals surface area contributed by atoms with Crippen LogP contribution in [0, 0.1) is 0 Å². The van der Waals surface area contributed by atoms with Crippen molar-refractivity contribution in [3.8, 4) is 28.6 Å². The Hall–Kier alpha value is -2.48. The highest BCUT2D eigenvalue weighted by Gasteiger charge is 2.22. The van der Waals surface area contributed by atoms with Crippen LogP contribution in [0.3, 0.4) is 0 Å². The van der Waals surface area contributed by atoms with Crippen molar-refractivity contribution in [1.82, 2.24) is 15.2 Å². The molecule has 0 atom stereocenters. The predicted octanol–water partition coefficient (Wildman–Crippen LogP) is 1.05. The third-order valence-corrected chi connectivity index (χ3v) is 3.72. The standard InChI is InChI=1S/C14H16N4O4/c1-19-10-7-12-11(21-8-22-12)6-9(10)13-15-14(17-16-13)18-2-4-20-5-3-18/h6-7H,2-5,8H2,1H3,(H,15,16,17). The molecule has 2 aromatic rings. The molecule has 1 aromatic heterocycles. The lowest BCUT2D eigenvalue weighted by Gasteiger charge is -2.25. The molecule has 8 heteroatoms. The number of morpholine rings is 1. The Balaban J connectivity index is 1.68. The second kappa shape index (κ2) is 5.38. The van der Waals surface area contributed by atoms with Crippen molar-refractivity contribution in [2.75, 3.05) is 45.1 Å². The second-order valence-corrected chi connectivity index (χ2v) is 4.99. The third kappa shape index (κ3) is 2.21. The molecule has 1 aromatic carbocycles. The highest BCUT2D eigenvalue weighted by molar-refractivity contribution is 5.70. The van der Waals surface area contributed by atoms with E-state index in [0.29, 0.717) is 42.2 Å². The van der Waals surface area contributed by atoms with Gasteiger partial charge in [-0.1, -0.05) is 0 Å². The van der Waals surface area contributed by atoms with E-state index in [1.165, 1.54) is 0 Å². The van der Waals surface area contributed by atoms with Crippen LogP contribution in [0.1, 0.15) is 0 Å². The molecular formula is C14H16N4O4. The zero-order valence-electron chi connectivity index (χ0n) is 12.2. The number of hydrogen-bond donors (Lipinski definition) is 1. The van der Waals surface area contributed by atoms with E-state index in [1.807, 2.05) is 6.07 Å². The van der Waals surface area contributed by atoms with Crippen LogP contribution in [-0.4, -0.2) is 55.4 Å². The maximum Gasteiger partial charge on any atom is 0.245 e. The molecule has 1 N–H and O–H groups in total. The number of methoxy groups -OCH3 is 1. The number of aromatic nitrogens is 3. The fourth-order valence-electron chi connectivity index (χ4n) is 2.56. The van der Waals surface area contributed by atoms with Crippen molar-refractivity contribution < 1.29 is 18.9 Å². The topological polar surface area (TPSA) is 81.7 Å². The van der Waals surface area contributed by atoms with Gasteiger partial charge >= 0.3 is 0 Å². The van der Waals surface area contributed by atoms with Crippen LogP contribution in [0.5, 0.6) is 17.2 Å². The minimum Gasteiger partial charge on any atom is -0.496 e. The van der Waals surface area contributed by atoms with Gasteiger partial charge in [0, 0.05) is 19.2 Å². The molecule has 116 valence electrons. The van der Waals surface area contributed by atoms with Crippen LogP contribution in [0.2, 0.25) is 0 Å². The van der Waals surface area contributed by atoms with Gasteiger partial charge in [-0.05, 0) is 6.07 Å². The van der Waals surface area contributed by atoms with Crippen LogP contribution in [0.4, 0.5) is 5.95 Å². The molecule has 0 spiro atoms. The summed E-state index contributed by atoms with van der Waals surface area (Å²) in [6, 6.07) is 3.65. The van der Waals surface area contributed by atoms with Crippen LogP contribution in [0.15, 0.2) is 12.1 Å².